The molecule has 0 bridgehead atoms. The van der Waals surface area contributed by atoms with Crippen molar-refractivity contribution in [3.63, 3.8) is 0 Å². The third kappa shape index (κ3) is 4.02. The molecule has 1 unspecified atom stereocenters. The van der Waals surface area contributed by atoms with Crippen LogP contribution in [0.1, 0.15) is 27.7 Å². The minimum absolute atomic E-state index is 0.0508. The zero-order valence-electron chi connectivity index (χ0n) is 18.3. The molecule has 2 aliphatic rings. The lowest BCUT2D eigenvalue weighted by Gasteiger charge is -2.31. The molecular weight excluding hydrogens is 572 g/mol. The summed E-state index contributed by atoms with van der Waals surface area (Å²) in [5, 5.41) is 10.7. The molecule has 1 saturated heterocycles. The van der Waals surface area contributed by atoms with E-state index in [0.29, 0.717) is 47.3 Å². The number of nitrogens with zero attached hydrogens (tertiary/aromatic N) is 2. The van der Waals surface area contributed by atoms with Crippen molar-refractivity contribution in [3.8, 4) is 11.5 Å². The van der Waals surface area contributed by atoms with Gasteiger partial charge in [-0.15, -0.1) is 0 Å². The van der Waals surface area contributed by atoms with Crippen molar-refractivity contribution in [2.45, 2.75) is 6.04 Å². The molecule has 1 N–H and O–H groups in total. The largest absolute Gasteiger partial charge is 0.503 e. The second kappa shape index (κ2) is 9.33. The number of methoxy groups -OCH3 is 1. The maximum absolute atomic E-state index is 13.7. The summed E-state index contributed by atoms with van der Waals surface area (Å²) in [7, 11) is 1.45. The molecule has 178 valence electrons. The average molecular weight is 594 g/mol. The summed E-state index contributed by atoms with van der Waals surface area (Å²) in [6, 6.07) is 7.82. The summed E-state index contributed by atoms with van der Waals surface area (Å²) in [4.78, 5) is 31.1. The van der Waals surface area contributed by atoms with Crippen LogP contribution in [-0.4, -0.2) is 67.3 Å². The number of benzene rings is 2. The molecule has 1 fully saturated rings. The lowest BCUT2D eigenvalue weighted by atomic mass is 9.98. The number of morpholine rings is 1. The molecule has 3 heterocycles. The Bertz CT molecular complexity index is 1340. The Hall–Kier alpha value is -2.40. The van der Waals surface area contributed by atoms with Gasteiger partial charge in [-0.3, -0.25) is 14.5 Å². The van der Waals surface area contributed by atoms with E-state index in [1.54, 1.807) is 35.2 Å². The van der Waals surface area contributed by atoms with Crippen LogP contribution in [0.25, 0.3) is 11.0 Å². The lowest BCUT2D eigenvalue weighted by Crippen LogP contribution is -2.42. The second-order valence-corrected chi connectivity index (χ2v) is 9.99. The summed E-state index contributed by atoms with van der Waals surface area (Å²) in [5.41, 5.74) is 1.03. The number of aromatic hydroxyl groups is 1. The van der Waals surface area contributed by atoms with E-state index in [1.807, 2.05) is 0 Å². The van der Waals surface area contributed by atoms with Gasteiger partial charge in [0.05, 0.1) is 41.8 Å². The predicted octanol–water partition coefficient (Wildman–Crippen LogP) is 3.91. The fourth-order valence-corrected chi connectivity index (χ4v) is 5.37. The number of carbonyl (C=O) groups is 1. The van der Waals surface area contributed by atoms with E-state index in [9.17, 15) is 14.7 Å². The molecule has 0 saturated carbocycles. The minimum Gasteiger partial charge on any atom is -0.503 e. The number of carbonyl (C=O) groups excluding carboxylic acids is 1. The first kappa shape index (κ1) is 23.3. The minimum atomic E-state index is -0.686. The third-order valence-electron chi connectivity index (χ3n) is 6.27. The maximum atomic E-state index is 13.7. The van der Waals surface area contributed by atoms with Crippen LogP contribution in [-0.2, 0) is 4.74 Å². The summed E-state index contributed by atoms with van der Waals surface area (Å²) in [6.07, 6.45) is 0. The van der Waals surface area contributed by atoms with E-state index >= 15 is 0 Å². The van der Waals surface area contributed by atoms with Crippen LogP contribution in [0.3, 0.4) is 0 Å². The molecular formula is C24H22Br2N2O6. The van der Waals surface area contributed by atoms with Crippen molar-refractivity contribution < 1.29 is 23.8 Å². The quantitative estimate of drug-likeness (QED) is 0.479. The van der Waals surface area contributed by atoms with Crippen LogP contribution in [0.4, 0.5) is 0 Å². The van der Waals surface area contributed by atoms with Gasteiger partial charge in [0.25, 0.3) is 5.91 Å². The predicted molar refractivity (Wildman–Crippen MR) is 133 cm³/mol. The zero-order valence-corrected chi connectivity index (χ0v) is 21.5. The highest BCUT2D eigenvalue weighted by atomic mass is 79.9. The van der Waals surface area contributed by atoms with Crippen molar-refractivity contribution in [3.05, 3.63) is 66.4 Å². The molecule has 1 aromatic heterocycles. The summed E-state index contributed by atoms with van der Waals surface area (Å²) in [6.45, 7) is 3.91. The van der Waals surface area contributed by atoms with Crippen LogP contribution in [0, 0.1) is 0 Å². The normalized spacial score (nSPS) is 18.5. The summed E-state index contributed by atoms with van der Waals surface area (Å²) in [5.74, 6) is -0.0928. The maximum Gasteiger partial charge on any atom is 0.290 e. The van der Waals surface area contributed by atoms with Crippen molar-refractivity contribution >= 4 is 48.7 Å². The Morgan fingerprint density at radius 1 is 1.12 bits per heavy atom. The van der Waals surface area contributed by atoms with Crippen LogP contribution in [0.2, 0.25) is 0 Å². The number of halogens is 2. The van der Waals surface area contributed by atoms with Crippen molar-refractivity contribution in [1.29, 1.82) is 0 Å². The Labute approximate surface area is 212 Å². The van der Waals surface area contributed by atoms with Crippen LogP contribution < -0.4 is 10.2 Å². The molecule has 10 heteroatoms. The number of rotatable bonds is 5. The monoisotopic (exact) mass is 592 g/mol. The van der Waals surface area contributed by atoms with E-state index in [4.69, 9.17) is 13.9 Å². The molecule has 1 amide bonds. The fourth-order valence-electron chi connectivity index (χ4n) is 4.55. The van der Waals surface area contributed by atoms with Crippen LogP contribution >= 0.6 is 31.9 Å². The van der Waals surface area contributed by atoms with E-state index in [1.165, 1.54) is 7.11 Å². The highest BCUT2D eigenvalue weighted by Gasteiger charge is 2.43. The average Bonchev–Trinajstić information content (AvgIpc) is 3.12. The van der Waals surface area contributed by atoms with Gasteiger partial charge in [0.2, 0.25) is 5.76 Å². The first-order valence-corrected chi connectivity index (χ1v) is 12.4. The van der Waals surface area contributed by atoms with Gasteiger partial charge in [0.1, 0.15) is 5.58 Å². The van der Waals surface area contributed by atoms with Crippen molar-refractivity contribution in [2.24, 2.45) is 0 Å². The van der Waals surface area contributed by atoms with E-state index in [-0.39, 0.29) is 34.2 Å². The highest BCUT2D eigenvalue weighted by molar-refractivity contribution is 9.10. The van der Waals surface area contributed by atoms with Gasteiger partial charge >= 0.3 is 0 Å². The first-order chi connectivity index (χ1) is 16.4. The van der Waals surface area contributed by atoms with Gasteiger partial charge < -0.3 is 23.9 Å². The molecule has 1 atom stereocenters. The number of amides is 1. The fraction of sp³-hybridized carbons (Fsp3) is 0.333. The summed E-state index contributed by atoms with van der Waals surface area (Å²) < 4.78 is 17.9. The lowest BCUT2D eigenvalue weighted by molar-refractivity contribution is 0.0314. The molecule has 0 spiro atoms. The van der Waals surface area contributed by atoms with E-state index < -0.39 is 6.04 Å². The Morgan fingerprint density at radius 3 is 2.62 bits per heavy atom. The van der Waals surface area contributed by atoms with Crippen molar-refractivity contribution in [1.82, 2.24) is 9.80 Å². The second-order valence-electron chi connectivity index (χ2n) is 8.22. The third-order valence-corrected chi connectivity index (χ3v) is 7.37. The van der Waals surface area contributed by atoms with Gasteiger partial charge in [-0.1, -0.05) is 15.9 Å². The standard InChI is InChI=1S/C24H22Br2N2O6/c1-32-18-11-13(10-16(26)22(18)30)20-19-21(29)15-12-14(25)2-3-17(15)34-23(19)24(31)28(20)5-4-27-6-8-33-9-7-27/h2-3,10-12,20,30H,4-9H2,1H3. The van der Waals surface area contributed by atoms with Gasteiger partial charge in [0, 0.05) is 30.7 Å². The van der Waals surface area contributed by atoms with E-state index in [0.717, 1.165) is 17.6 Å². The molecule has 3 aromatic rings. The van der Waals surface area contributed by atoms with Crippen molar-refractivity contribution in [2.75, 3.05) is 46.5 Å². The highest BCUT2D eigenvalue weighted by Crippen LogP contribution is 2.43. The number of phenolic OH excluding ortho intramolecular Hbond substituents is 1. The number of phenols is 1. The topological polar surface area (TPSA) is 92.5 Å². The number of fused-ring (bicyclic) bond motifs is 2. The Kier molecular flexibility index (Phi) is 6.41. The molecule has 8 nitrogen and oxygen atoms in total. The molecule has 0 aliphatic carbocycles. The molecule has 2 aliphatic heterocycles. The van der Waals surface area contributed by atoms with Gasteiger partial charge in [-0.05, 0) is 51.8 Å². The van der Waals surface area contributed by atoms with Gasteiger partial charge in [-0.25, -0.2) is 0 Å². The smallest absolute Gasteiger partial charge is 0.290 e. The number of ether oxygens (including phenoxy) is 2. The molecule has 34 heavy (non-hydrogen) atoms. The SMILES string of the molecule is COc1cc(C2c3c(oc4ccc(Br)cc4c3=O)C(=O)N2CCN2CCOCC2)cc(Br)c1O. The van der Waals surface area contributed by atoms with Gasteiger partial charge in [-0.2, -0.15) is 0 Å². The number of hydrogen-bond acceptors (Lipinski definition) is 7. The van der Waals surface area contributed by atoms with Crippen LogP contribution in [0.15, 0.2) is 48.5 Å². The van der Waals surface area contributed by atoms with Gasteiger partial charge in [0.15, 0.2) is 16.9 Å². The van der Waals surface area contributed by atoms with E-state index in [2.05, 4.69) is 36.8 Å². The molecule has 5 rings (SSSR count). The Balaban J connectivity index is 1.65. The number of hydrogen-bond donors (Lipinski definition) is 1. The Morgan fingerprint density at radius 2 is 1.88 bits per heavy atom. The zero-order chi connectivity index (χ0) is 24.0. The first-order valence-electron chi connectivity index (χ1n) is 10.8. The van der Waals surface area contributed by atoms with Crippen LogP contribution in [0.5, 0.6) is 11.5 Å². The molecule has 0 radical (unpaired) electrons. The molecule has 2 aromatic carbocycles. The summed E-state index contributed by atoms with van der Waals surface area (Å²) >= 11 is 6.78.